The number of ketones is 1. The number of fused-ring (bicyclic) bond motifs is 2. The maximum absolute atomic E-state index is 11.4. The summed E-state index contributed by atoms with van der Waals surface area (Å²) in [7, 11) is 1.32. The zero-order valence-electron chi connectivity index (χ0n) is 7.49. The van der Waals surface area contributed by atoms with E-state index in [1.165, 1.54) is 7.11 Å². The summed E-state index contributed by atoms with van der Waals surface area (Å²) in [4.78, 5) is 22.6. The molecule has 0 N–H and O–H groups in total. The van der Waals surface area contributed by atoms with Crippen LogP contribution in [-0.2, 0) is 19.1 Å². The fourth-order valence-corrected chi connectivity index (χ4v) is 2.13. The van der Waals surface area contributed by atoms with Crippen molar-refractivity contribution in [3.8, 4) is 0 Å². The Morgan fingerprint density at radius 1 is 1.62 bits per heavy atom. The highest BCUT2D eigenvalue weighted by molar-refractivity contribution is 5.90. The maximum atomic E-state index is 11.4. The molecule has 0 radical (unpaired) electrons. The van der Waals surface area contributed by atoms with E-state index in [2.05, 4.69) is 4.74 Å². The summed E-state index contributed by atoms with van der Waals surface area (Å²) in [5, 5.41) is 0. The van der Waals surface area contributed by atoms with Gasteiger partial charge in [-0.2, -0.15) is 0 Å². The first-order valence-corrected chi connectivity index (χ1v) is 4.44. The van der Waals surface area contributed by atoms with Gasteiger partial charge >= 0.3 is 5.97 Å². The summed E-state index contributed by atoms with van der Waals surface area (Å²) in [6.07, 6.45) is 0.716. The molecule has 0 aromatic carbocycles. The van der Waals surface area contributed by atoms with Gasteiger partial charge in [0.25, 0.3) is 0 Å². The Bertz CT molecular complexity index is 248. The number of carbonyl (C=O) groups excluding carboxylic acids is 2. The van der Waals surface area contributed by atoms with Crippen molar-refractivity contribution < 1.29 is 19.1 Å². The summed E-state index contributed by atoms with van der Waals surface area (Å²) in [6, 6.07) is 0. The summed E-state index contributed by atoms with van der Waals surface area (Å²) in [5.74, 6) is -0.179. The van der Waals surface area contributed by atoms with Crippen LogP contribution in [0.5, 0.6) is 0 Å². The van der Waals surface area contributed by atoms with Crippen molar-refractivity contribution in [2.45, 2.75) is 18.9 Å². The molecule has 3 atom stereocenters. The van der Waals surface area contributed by atoms with Gasteiger partial charge in [-0.1, -0.05) is 0 Å². The van der Waals surface area contributed by atoms with E-state index in [9.17, 15) is 9.59 Å². The van der Waals surface area contributed by atoms with Crippen molar-refractivity contribution >= 4 is 11.8 Å². The van der Waals surface area contributed by atoms with Crippen LogP contribution in [0.15, 0.2) is 0 Å². The number of hydrogen-bond donors (Lipinski definition) is 0. The summed E-state index contributed by atoms with van der Waals surface area (Å²) in [6.45, 7) is 0.516. The molecule has 1 aliphatic heterocycles. The molecule has 1 aliphatic carbocycles. The van der Waals surface area contributed by atoms with Crippen LogP contribution >= 0.6 is 0 Å². The lowest BCUT2D eigenvalue weighted by atomic mass is 9.96. The minimum atomic E-state index is -0.642. The topological polar surface area (TPSA) is 52.6 Å². The second-order valence-electron chi connectivity index (χ2n) is 3.66. The minimum absolute atomic E-state index is 0.151. The smallest absolute Gasteiger partial charge is 0.335 e. The van der Waals surface area contributed by atoms with Crippen LogP contribution in [0.2, 0.25) is 0 Å². The standard InChI is InChI=1S/C9H12O4/c1-12-9(11)8-6-2-5(4-13-8)3-7(6)10/h5-6,8H,2-4H2,1H3. The predicted octanol–water partition coefficient (Wildman–Crippen LogP) is 0.153. The molecule has 1 heterocycles. The van der Waals surface area contributed by atoms with Crippen molar-refractivity contribution in [2.75, 3.05) is 13.7 Å². The van der Waals surface area contributed by atoms with Gasteiger partial charge in [-0.25, -0.2) is 4.79 Å². The van der Waals surface area contributed by atoms with Gasteiger partial charge in [-0.05, 0) is 12.3 Å². The molecule has 4 heteroatoms. The number of esters is 1. The molecule has 2 aliphatic rings. The van der Waals surface area contributed by atoms with E-state index in [4.69, 9.17) is 4.74 Å². The highest BCUT2D eigenvalue weighted by atomic mass is 16.6. The van der Waals surface area contributed by atoms with Gasteiger partial charge < -0.3 is 9.47 Å². The summed E-state index contributed by atoms with van der Waals surface area (Å²) < 4.78 is 9.87. The molecule has 13 heavy (non-hydrogen) atoms. The second-order valence-corrected chi connectivity index (χ2v) is 3.66. The molecule has 3 unspecified atom stereocenters. The molecule has 2 fully saturated rings. The van der Waals surface area contributed by atoms with E-state index in [1.807, 2.05) is 0 Å². The lowest BCUT2D eigenvalue weighted by Gasteiger charge is -2.25. The normalized spacial score (nSPS) is 37.6. The highest BCUT2D eigenvalue weighted by Crippen LogP contribution is 2.36. The van der Waals surface area contributed by atoms with Gasteiger partial charge in [-0.3, -0.25) is 4.79 Å². The molecular weight excluding hydrogens is 172 g/mol. The van der Waals surface area contributed by atoms with E-state index in [0.717, 1.165) is 6.42 Å². The Balaban J connectivity index is 2.13. The Labute approximate surface area is 76.2 Å². The van der Waals surface area contributed by atoms with E-state index in [-0.39, 0.29) is 11.7 Å². The van der Waals surface area contributed by atoms with Crippen LogP contribution < -0.4 is 0 Å². The number of Topliss-reactive ketones (excluding diaryl/α,β-unsaturated/α-hetero) is 1. The Morgan fingerprint density at radius 3 is 3.08 bits per heavy atom. The Hall–Kier alpha value is -0.900. The third kappa shape index (κ3) is 1.35. The molecule has 2 bridgehead atoms. The quantitative estimate of drug-likeness (QED) is 0.544. The molecule has 0 spiro atoms. The third-order valence-corrected chi connectivity index (χ3v) is 2.80. The van der Waals surface area contributed by atoms with E-state index in [1.54, 1.807) is 0 Å². The van der Waals surface area contributed by atoms with Crippen molar-refractivity contribution in [1.82, 2.24) is 0 Å². The summed E-state index contributed by atoms with van der Waals surface area (Å²) in [5.41, 5.74) is 0. The highest BCUT2D eigenvalue weighted by Gasteiger charge is 2.46. The van der Waals surface area contributed by atoms with Crippen LogP contribution in [-0.4, -0.2) is 31.6 Å². The van der Waals surface area contributed by atoms with Gasteiger partial charge in [0, 0.05) is 6.42 Å². The van der Waals surface area contributed by atoms with Crippen LogP contribution in [0.4, 0.5) is 0 Å². The van der Waals surface area contributed by atoms with Crippen molar-refractivity contribution in [2.24, 2.45) is 11.8 Å². The fourth-order valence-electron chi connectivity index (χ4n) is 2.13. The number of rotatable bonds is 1. The van der Waals surface area contributed by atoms with Crippen molar-refractivity contribution in [3.05, 3.63) is 0 Å². The lowest BCUT2D eigenvalue weighted by molar-refractivity contribution is -0.163. The molecule has 4 nitrogen and oxygen atoms in total. The van der Waals surface area contributed by atoms with Crippen LogP contribution in [0.1, 0.15) is 12.8 Å². The number of methoxy groups -OCH3 is 1. The largest absolute Gasteiger partial charge is 0.467 e. The number of carbonyl (C=O) groups is 2. The Morgan fingerprint density at radius 2 is 2.38 bits per heavy atom. The van der Waals surface area contributed by atoms with Gasteiger partial charge in [0.05, 0.1) is 19.6 Å². The molecule has 0 aromatic rings. The Kier molecular flexibility index (Phi) is 2.07. The molecule has 2 rings (SSSR count). The van der Waals surface area contributed by atoms with Gasteiger partial charge in [0.2, 0.25) is 0 Å². The maximum Gasteiger partial charge on any atom is 0.335 e. The van der Waals surface area contributed by atoms with Crippen molar-refractivity contribution in [1.29, 1.82) is 0 Å². The average molecular weight is 184 g/mol. The van der Waals surface area contributed by atoms with Crippen LogP contribution in [0, 0.1) is 11.8 Å². The van der Waals surface area contributed by atoms with E-state index < -0.39 is 12.1 Å². The third-order valence-electron chi connectivity index (χ3n) is 2.80. The second kappa shape index (κ2) is 3.10. The molecule has 1 saturated heterocycles. The number of hydrogen-bond acceptors (Lipinski definition) is 4. The summed E-state index contributed by atoms with van der Waals surface area (Å²) >= 11 is 0. The first kappa shape index (κ1) is 8.69. The first-order valence-electron chi connectivity index (χ1n) is 4.44. The monoisotopic (exact) mass is 184 g/mol. The van der Waals surface area contributed by atoms with Gasteiger partial charge in [0.15, 0.2) is 6.10 Å². The zero-order chi connectivity index (χ0) is 9.42. The van der Waals surface area contributed by atoms with Gasteiger partial charge in [0.1, 0.15) is 5.78 Å². The van der Waals surface area contributed by atoms with Gasteiger partial charge in [-0.15, -0.1) is 0 Å². The molecule has 0 aromatic heterocycles. The first-order chi connectivity index (χ1) is 6.22. The van der Waals surface area contributed by atoms with Crippen LogP contribution in [0.25, 0.3) is 0 Å². The van der Waals surface area contributed by atoms with Crippen molar-refractivity contribution in [3.63, 3.8) is 0 Å². The van der Waals surface area contributed by atoms with Crippen LogP contribution in [0.3, 0.4) is 0 Å². The molecule has 0 amide bonds. The van der Waals surface area contributed by atoms with E-state index in [0.29, 0.717) is 18.9 Å². The van der Waals surface area contributed by atoms with E-state index >= 15 is 0 Å². The predicted molar refractivity (Wildman–Crippen MR) is 43.0 cm³/mol. The SMILES string of the molecule is COC(=O)C1OCC2CC(=O)C1C2. The molecule has 72 valence electrons. The molecular formula is C9H12O4. The molecule has 1 saturated carbocycles. The average Bonchev–Trinajstić information content (AvgIpc) is 2.42. The fraction of sp³-hybridized carbons (Fsp3) is 0.778. The number of ether oxygens (including phenoxy) is 2. The zero-order valence-corrected chi connectivity index (χ0v) is 7.49. The minimum Gasteiger partial charge on any atom is -0.467 e. The lowest BCUT2D eigenvalue weighted by Crippen LogP contribution is -2.38.